The number of benzene rings is 1. The topological polar surface area (TPSA) is 99.1 Å². The van der Waals surface area contributed by atoms with E-state index in [0.29, 0.717) is 12.1 Å². The molecule has 0 aromatic heterocycles. The Kier molecular flexibility index (Phi) is 14.0. The Labute approximate surface area is 168 Å². The molecule has 3 unspecified atom stereocenters. The standard InChI is InChI=1S/C13H16N2O2.C4H10O2.C4H10O/c1-2-3-9-11-12(16)14-15(13(11)17)10-7-5-4-6-8-10;1-3(5)4(2)6;1-3-5-4-2/h4-8,11H,2-3,9H2,1H3,(H,14,16);3-6H,1-2H3;3-4H2,1-2H3. The Balaban J connectivity index is 0.000000550. The van der Waals surface area contributed by atoms with Crippen LogP contribution in [0.25, 0.3) is 0 Å². The third-order valence-corrected chi connectivity index (χ3v) is 4.02. The molecule has 28 heavy (non-hydrogen) atoms. The monoisotopic (exact) mass is 396 g/mol. The molecule has 1 aromatic carbocycles. The van der Waals surface area contributed by atoms with Crippen molar-refractivity contribution < 1.29 is 24.5 Å². The van der Waals surface area contributed by atoms with Crippen LogP contribution < -0.4 is 10.4 Å². The number of amides is 2. The van der Waals surface area contributed by atoms with E-state index >= 15 is 0 Å². The minimum Gasteiger partial charge on any atom is -0.391 e. The first-order valence-electron chi connectivity index (χ1n) is 9.93. The van der Waals surface area contributed by atoms with E-state index in [1.165, 1.54) is 5.01 Å². The molecule has 3 N–H and O–H groups in total. The molecule has 0 aliphatic carbocycles. The van der Waals surface area contributed by atoms with Gasteiger partial charge in [0.05, 0.1) is 17.9 Å². The van der Waals surface area contributed by atoms with Crippen molar-refractivity contribution in [2.24, 2.45) is 5.92 Å². The average molecular weight is 397 g/mol. The fourth-order valence-electron chi connectivity index (χ4n) is 2.15. The Morgan fingerprint density at radius 2 is 1.57 bits per heavy atom. The van der Waals surface area contributed by atoms with Crippen molar-refractivity contribution in [1.29, 1.82) is 0 Å². The van der Waals surface area contributed by atoms with Gasteiger partial charge in [-0.15, -0.1) is 0 Å². The zero-order valence-electron chi connectivity index (χ0n) is 17.7. The number of aliphatic hydroxyl groups is 2. The summed E-state index contributed by atoms with van der Waals surface area (Å²) in [5, 5.41) is 18.1. The van der Waals surface area contributed by atoms with Gasteiger partial charge in [-0.05, 0) is 46.2 Å². The van der Waals surface area contributed by atoms with Gasteiger partial charge in [-0.2, -0.15) is 0 Å². The largest absolute Gasteiger partial charge is 0.391 e. The molecule has 0 radical (unpaired) electrons. The smallest absolute Gasteiger partial charge is 0.258 e. The van der Waals surface area contributed by atoms with Crippen molar-refractivity contribution in [2.45, 2.75) is 66.1 Å². The minimum atomic E-state index is -0.593. The Hall–Kier alpha value is -1.96. The highest BCUT2D eigenvalue weighted by Crippen LogP contribution is 2.22. The van der Waals surface area contributed by atoms with Gasteiger partial charge in [0.1, 0.15) is 5.92 Å². The number of unbranched alkanes of at least 4 members (excludes halogenated alkanes) is 1. The number of hydrazine groups is 1. The summed E-state index contributed by atoms with van der Waals surface area (Å²) < 4.78 is 4.83. The van der Waals surface area contributed by atoms with E-state index < -0.39 is 18.1 Å². The summed E-state index contributed by atoms with van der Waals surface area (Å²) in [5.74, 6) is -0.850. The Morgan fingerprint density at radius 1 is 1.04 bits per heavy atom. The van der Waals surface area contributed by atoms with E-state index in [2.05, 4.69) is 5.43 Å². The van der Waals surface area contributed by atoms with Crippen molar-refractivity contribution in [1.82, 2.24) is 5.43 Å². The quantitative estimate of drug-likeness (QED) is 0.616. The molecule has 1 aromatic rings. The number of hydrogen-bond acceptors (Lipinski definition) is 5. The molecule has 160 valence electrons. The molecule has 7 heteroatoms. The van der Waals surface area contributed by atoms with Crippen molar-refractivity contribution in [3.05, 3.63) is 30.3 Å². The molecule has 0 bridgehead atoms. The van der Waals surface area contributed by atoms with Gasteiger partial charge in [-0.3, -0.25) is 15.0 Å². The van der Waals surface area contributed by atoms with Gasteiger partial charge in [-0.25, -0.2) is 5.01 Å². The number of anilines is 1. The molecule has 2 rings (SSSR count). The fraction of sp³-hybridized carbons (Fsp3) is 0.619. The lowest BCUT2D eigenvalue weighted by molar-refractivity contribution is -0.127. The maximum absolute atomic E-state index is 12.1. The lowest BCUT2D eigenvalue weighted by Gasteiger charge is -2.14. The molecular weight excluding hydrogens is 360 g/mol. The Morgan fingerprint density at radius 3 is 1.96 bits per heavy atom. The van der Waals surface area contributed by atoms with Gasteiger partial charge in [0, 0.05) is 13.2 Å². The van der Waals surface area contributed by atoms with Gasteiger partial charge in [0.2, 0.25) is 0 Å². The predicted molar refractivity (Wildman–Crippen MR) is 111 cm³/mol. The maximum Gasteiger partial charge on any atom is 0.258 e. The van der Waals surface area contributed by atoms with E-state index in [4.69, 9.17) is 14.9 Å². The van der Waals surface area contributed by atoms with Crippen LogP contribution in [0, 0.1) is 5.92 Å². The van der Waals surface area contributed by atoms with Crippen LogP contribution in [-0.4, -0.2) is 47.4 Å². The third kappa shape index (κ3) is 9.82. The molecule has 1 heterocycles. The Bertz CT molecular complexity index is 541. The van der Waals surface area contributed by atoms with Crippen molar-refractivity contribution in [2.75, 3.05) is 18.2 Å². The van der Waals surface area contributed by atoms with Crippen LogP contribution in [0.3, 0.4) is 0 Å². The molecule has 1 aliphatic heterocycles. The van der Waals surface area contributed by atoms with E-state index in [9.17, 15) is 9.59 Å². The summed E-state index contributed by atoms with van der Waals surface area (Å²) in [6.45, 7) is 10.8. The number of rotatable bonds is 7. The van der Waals surface area contributed by atoms with Crippen molar-refractivity contribution >= 4 is 17.5 Å². The number of aliphatic hydroxyl groups excluding tert-OH is 2. The number of ether oxygens (including phenoxy) is 1. The second-order valence-electron chi connectivity index (χ2n) is 6.44. The molecule has 2 amide bonds. The summed E-state index contributed by atoms with van der Waals surface area (Å²) in [6.07, 6.45) is 1.33. The fourth-order valence-corrected chi connectivity index (χ4v) is 2.15. The number of nitrogens with zero attached hydrogens (tertiary/aromatic N) is 1. The number of hydrogen-bond donors (Lipinski definition) is 3. The zero-order valence-corrected chi connectivity index (χ0v) is 17.7. The highest BCUT2D eigenvalue weighted by atomic mass is 16.5. The van der Waals surface area contributed by atoms with Crippen LogP contribution in [0.1, 0.15) is 53.9 Å². The SMILES string of the molecule is CC(O)C(C)O.CCCCC1C(=O)NN(c2ccccc2)C1=O.CCOCC. The zero-order chi connectivity index (χ0) is 21.5. The van der Waals surface area contributed by atoms with Gasteiger partial charge in [0.15, 0.2) is 0 Å². The van der Waals surface area contributed by atoms with E-state index in [0.717, 1.165) is 26.1 Å². The lowest BCUT2D eigenvalue weighted by Crippen LogP contribution is -2.35. The highest BCUT2D eigenvalue weighted by molar-refractivity contribution is 6.14. The number of para-hydroxylation sites is 1. The molecule has 0 saturated carbocycles. The summed E-state index contributed by atoms with van der Waals surface area (Å²) >= 11 is 0. The predicted octanol–water partition coefficient (Wildman–Crippen LogP) is 2.66. The second kappa shape index (κ2) is 15.0. The van der Waals surface area contributed by atoms with Gasteiger partial charge in [-0.1, -0.05) is 38.0 Å². The van der Waals surface area contributed by atoms with E-state index in [1.54, 1.807) is 26.0 Å². The molecule has 1 aliphatic rings. The van der Waals surface area contributed by atoms with Gasteiger partial charge >= 0.3 is 0 Å². The maximum atomic E-state index is 12.1. The molecular formula is C21H36N2O5. The van der Waals surface area contributed by atoms with E-state index in [-0.39, 0.29) is 11.8 Å². The van der Waals surface area contributed by atoms with Gasteiger partial charge in [0.25, 0.3) is 11.8 Å². The summed E-state index contributed by atoms with van der Waals surface area (Å²) in [5.41, 5.74) is 3.34. The normalized spacial score (nSPS) is 17.7. The second-order valence-corrected chi connectivity index (χ2v) is 6.44. The molecule has 1 saturated heterocycles. The molecule has 7 nitrogen and oxygen atoms in total. The average Bonchev–Trinajstić information content (AvgIpc) is 2.96. The van der Waals surface area contributed by atoms with Crippen LogP contribution in [0.2, 0.25) is 0 Å². The first-order valence-corrected chi connectivity index (χ1v) is 9.93. The molecule has 1 fully saturated rings. The van der Waals surface area contributed by atoms with Crippen molar-refractivity contribution in [3.8, 4) is 0 Å². The number of nitrogens with one attached hydrogen (secondary N) is 1. The van der Waals surface area contributed by atoms with Crippen LogP contribution in [0.4, 0.5) is 5.69 Å². The highest BCUT2D eigenvalue weighted by Gasteiger charge is 2.39. The molecule has 3 atom stereocenters. The third-order valence-electron chi connectivity index (χ3n) is 4.02. The van der Waals surface area contributed by atoms with Gasteiger partial charge < -0.3 is 14.9 Å². The number of carbonyl (C=O) groups is 2. The van der Waals surface area contributed by atoms with Crippen LogP contribution >= 0.6 is 0 Å². The summed E-state index contributed by atoms with van der Waals surface area (Å²) in [7, 11) is 0. The summed E-state index contributed by atoms with van der Waals surface area (Å²) in [6, 6.07) is 9.17. The van der Waals surface area contributed by atoms with Crippen LogP contribution in [0.15, 0.2) is 30.3 Å². The first-order chi connectivity index (χ1) is 13.3. The lowest BCUT2D eigenvalue weighted by atomic mass is 10.0. The van der Waals surface area contributed by atoms with Crippen molar-refractivity contribution in [3.63, 3.8) is 0 Å². The number of carbonyl (C=O) groups excluding carboxylic acids is 2. The molecule has 0 spiro atoms. The minimum absolute atomic E-state index is 0.144. The first kappa shape index (κ1) is 26.0. The van der Waals surface area contributed by atoms with Crippen LogP contribution in [0.5, 0.6) is 0 Å². The van der Waals surface area contributed by atoms with Crippen LogP contribution in [-0.2, 0) is 14.3 Å². The summed E-state index contributed by atoms with van der Waals surface area (Å²) in [4.78, 5) is 23.8. The van der Waals surface area contributed by atoms with E-state index in [1.807, 2.05) is 39.0 Å².